The summed E-state index contributed by atoms with van der Waals surface area (Å²) in [6.45, 7) is 2.08. The van der Waals surface area contributed by atoms with Gasteiger partial charge in [-0.2, -0.15) is 0 Å². The van der Waals surface area contributed by atoms with Crippen molar-refractivity contribution in [1.29, 1.82) is 0 Å². The van der Waals surface area contributed by atoms with Crippen molar-refractivity contribution in [2.24, 2.45) is 47.3 Å². The van der Waals surface area contributed by atoms with Gasteiger partial charge in [0.05, 0.1) is 0 Å². The van der Waals surface area contributed by atoms with Gasteiger partial charge >= 0.3 is 7.12 Å². The molecule has 2 nitrogen and oxygen atoms in total. The Morgan fingerprint density at radius 1 is 0.321 bits per heavy atom. The number of fused-ring (bicyclic) bond motifs is 6. The molecule has 0 unspecified atom stereocenters. The predicted molar refractivity (Wildman–Crippen MR) is 346 cm³/mol. The van der Waals surface area contributed by atoms with E-state index in [9.17, 15) is 0 Å². The summed E-state index contributed by atoms with van der Waals surface area (Å²) in [5.74, 6) is 7.27. The number of aryl methyl sites for hydroxylation is 1. The van der Waals surface area contributed by atoms with Crippen molar-refractivity contribution in [2.75, 3.05) is 0 Å². The molecule has 8 bridgehead atoms. The molecule has 9 aromatic rings. The van der Waals surface area contributed by atoms with E-state index in [1.165, 1.54) is 125 Å². The molecule has 0 radical (unpaired) electrons. The molecule has 10 aliphatic rings. The van der Waals surface area contributed by atoms with Crippen LogP contribution in [0.15, 0.2) is 226 Å². The summed E-state index contributed by atoms with van der Waals surface area (Å²) in [5.41, 5.74) is 22.6. The SMILES string of the molecule is Brc1cc(-c2ccccc2)cc(-c2ccc3c(c2)-c2ccccc2C32C3CC4CC(C3)CC2C4)c1.Brc1cc(Br)cc(-c2ccc3c(c2)-c2ccccc2C32C3CC4CC(C3)CC2C4)c1.Cc1ccccc1.OB(O)c1ccccc1. The van der Waals surface area contributed by atoms with E-state index < -0.39 is 7.12 Å². The highest BCUT2D eigenvalue weighted by molar-refractivity contribution is 9.11. The summed E-state index contributed by atoms with van der Waals surface area (Å²) < 4.78 is 3.36. The number of benzene rings is 9. The average Bonchev–Trinajstić information content (AvgIpc) is 4.15. The molecule has 2 spiro atoms. The molecule has 6 heteroatoms. The zero-order chi connectivity index (χ0) is 55.0. The molecule has 2 N–H and O–H groups in total. The third kappa shape index (κ3) is 9.52. The lowest BCUT2D eigenvalue weighted by atomic mass is 9.43. The van der Waals surface area contributed by atoms with Crippen molar-refractivity contribution >= 4 is 60.4 Å². The van der Waals surface area contributed by atoms with Crippen molar-refractivity contribution in [1.82, 2.24) is 0 Å². The Hall–Kier alpha value is -5.60. The lowest BCUT2D eigenvalue weighted by Gasteiger charge is -2.61. The lowest BCUT2D eigenvalue weighted by Crippen LogP contribution is -2.55. The van der Waals surface area contributed by atoms with Crippen molar-refractivity contribution in [3.63, 3.8) is 0 Å². The van der Waals surface area contributed by atoms with Crippen LogP contribution in [0.3, 0.4) is 0 Å². The molecule has 0 heterocycles. The van der Waals surface area contributed by atoms with Crippen molar-refractivity contribution in [3.8, 4) is 55.6 Å². The minimum Gasteiger partial charge on any atom is -0.423 e. The first-order chi connectivity index (χ1) is 39.5. The maximum absolute atomic E-state index is 8.58. The van der Waals surface area contributed by atoms with Crippen molar-refractivity contribution in [2.45, 2.75) is 82.0 Å². The summed E-state index contributed by atoms with van der Waals surface area (Å²) in [6.07, 6.45) is 14.5. The van der Waals surface area contributed by atoms with Gasteiger partial charge in [-0.15, -0.1) is 0 Å². The van der Waals surface area contributed by atoms with Gasteiger partial charge in [-0.1, -0.05) is 217 Å². The van der Waals surface area contributed by atoms with Crippen LogP contribution in [0, 0.1) is 54.3 Å². The molecular weight excluding hydrogens is 1180 g/mol. The highest BCUT2D eigenvalue weighted by atomic mass is 79.9. The zero-order valence-corrected chi connectivity index (χ0v) is 50.8. The van der Waals surface area contributed by atoms with Crippen LogP contribution in [0.4, 0.5) is 0 Å². The average molecular weight is 1250 g/mol. The molecule has 0 aromatic heterocycles. The van der Waals surface area contributed by atoms with Crippen LogP contribution in [-0.2, 0) is 10.8 Å². The normalized spacial score (nSPS) is 26.5. The number of rotatable bonds is 4. The summed E-state index contributed by atoms with van der Waals surface area (Å²) in [6, 6.07) is 76.6. The number of hydrogen-bond acceptors (Lipinski definition) is 2. The molecule has 9 aromatic carbocycles. The zero-order valence-electron chi connectivity index (χ0n) is 46.0. The van der Waals surface area contributed by atoms with Crippen LogP contribution >= 0.6 is 47.8 Å². The van der Waals surface area contributed by atoms with Gasteiger partial charge in [0, 0.05) is 24.2 Å². The summed E-state index contributed by atoms with van der Waals surface area (Å²) in [5, 5.41) is 17.2. The molecule has 81 heavy (non-hydrogen) atoms. The Bertz CT molecular complexity index is 3700. The minimum absolute atomic E-state index is 0.254. The first kappa shape index (κ1) is 53.4. The van der Waals surface area contributed by atoms with Gasteiger partial charge in [-0.25, -0.2) is 0 Å². The summed E-state index contributed by atoms with van der Waals surface area (Å²) >= 11 is 11.1. The first-order valence-electron chi connectivity index (χ1n) is 29.8. The van der Waals surface area contributed by atoms with E-state index in [-0.39, 0.29) is 10.8 Å². The third-order valence-electron chi connectivity index (χ3n) is 20.7. The minimum atomic E-state index is -1.34. The van der Waals surface area contributed by atoms with Crippen LogP contribution in [0.1, 0.15) is 92.0 Å². The molecule has 8 fully saturated rings. The monoisotopic (exact) mass is 1250 g/mol. The molecular formula is C75H68BBr3O2. The molecule has 404 valence electrons. The van der Waals surface area contributed by atoms with Gasteiger partial charge in [0.1, 0.15) is 0 Å². The smallest absolute Gasteiger partial charge is 0.423 e. The number of hydrogen-bond donors (Lipinski definition) is 2. The fourth-order valence-electron chi connectivity index (χ4n) is 18.1. The molecule has 0 atom stereocenters. The van der Waals surface area contributed by atoms with Crippen molar-refractivity contribution < 1.29 is 10.0 Å². The summed E-state index contributed by atoms with van der Waals surface area (Å²) in [4.78, 5) is 0. The predicted octanol–water partition coefficient (Wildman–Crippen LogP) is 19.5. The van der Waals surface area contributed by atoms with Crippen molar-refractivity contribution in [3.05, 3.63) is 254 Å². The van der Waals surface area contributed by atoms with E-state index in [4.69, 9.17) is 10.0 Å². The van der Waals surface area contributed by atoms with Crippen LogP contribution in [0.25, 0.3) is 55.6 Å². The van der Waals surface area contributed by atoms with Crippen LogP contribution in [0.2, 0.25) is 0 Å². The fourth-order valence-corrected chi connectivity index (χ4v) is 19.9. The molecule has 19 rings (SSSR count). The summed E-state index contributed by atoms with van der Waals surface area (Å²) in [7, 11) is -1.34. The Kier molecular flexibility index (Phi) is 14.4. The van der Waals surface area contributed by atoms with Crippen LogP contribution in [0.5, 0.6) is 0 Å². The maximum atomic E-state index is 8.58. The van der Waals surface area contributed by atoms with Crippen LogP contribution < -0.4 is 5.46 Å². The van der Waals surface area contributed by atoms with E-state index in [1.807, 2.05) is 24.3 Å². The topological polar surface area (TPSA) is 40.5 Å². The van der Waals surface area contributed by atoms with E-state index in [0.717, 1.165) is 60.8 Å². The quantitative estimate of drug-likeness (QED) is 0.172. The van der Waals surface area contributed by atoms with E-state index in [2.05, 4.69) is 219 Å². The van der Waals surface area contributed by atoms with Gasteiger partial charge in [-0.05, 0) is 250 Å². The molecule has 0 saturated heterocycles. The van der Waals surface area contributed by atoms with Crippen LogP contribution in [-0.4, -0.2) is 17.2 Å². The van der Waals surface area contributed by atoms with Gasteiger partial charge < -0.3 is 10.0 Å². The van der Waals surface area contributed by atoms with Gasteiger partial charge in [-0.3, -0.25) is 0 Å². The highest BCUT2D eigenvalue weighted by Gasteiger charge is 2.63. The molecule has 10 aliphatic carbocycles. The molecule has 0 aliphatic heterocycles. The largest absolute Gasteiger partial charge is 0.488 e. The Morgan fingerprint density at radius 3 is 1.06 bits per heavy atom. The second-order valence-electron chi connectivity index (χ2n) is 25.2. The molecule has 0 amide bonds. The standard InChI is InChI=1S/C34H29Br.C28H24Br2.C7H8.C6H7BO2/c35-29-18-25(23-6-2-1-3-7-23)17-26(19-29)24-10-11-33-31(20-24)30-8-4-5-9-32(30)34(33)27-13-21-12-22(15-27)16-28(34)14-21;29-22-12-19(13-23(30)15-22)18-5-6-27-25(14-18)24-3-1-2-4-26(24)28(27)20-8-16-7-17(10-20)11-21(28)9-16;1-7-5-3-2-4-6-7;8-7(9)6-4-2-1-3-5-6/h1-11,17-22,27-28H,12-16H2;1-6,12-17,20-21H,7-11H2;2-6H,1H3;1-5,8-9H. The second-order valence-corrected chi connectivity index (χ2v) is 27.9. The highest BCUT2D eigenvalue weighted by Crippen LogP contribution is 2.71. The third-order valence-corrected chi connectivity index (χ3v) is 22.1. The number of halogens is 3. The van der Waals surface area contributed by atoms with Gasteiger partial charge in [0.25, 0.3) is 0 Å². The van der Waals surface area contributed by atoms with E-state index in [1.54, 1.807) is 46.5 Å². The van der Waals surface area contributed by atoms with Gasteiger partial charge in [0.2, 0.25) is 0 Å². The van der Waals surface area contributed by atoms with Gasteiger partial charge in [0.15, 0.2) is 0 Å². The Balaban J connectivity index is 0.000000115. The maximum Gasteiger partial charge on any atom is 0.488 e. The second kappa shape index (κ2) is 21.9. The molecule has 8 saturated carbocycles. The Morgan fingerprint density at radius 2 is 0.667 bits per heavy atom. The lowest BCUT2D eigenvalue weighted by molar-refractivity contribution is -0.0399. The van der Waals surface area contributed by atoms with E-state index in [0.29, 0.717) is 5.46 Å². The fraction of sp³-hybridized carbons (Fsp3) is 0.280. The Labute approximate surface area is 505 Å². The first-order valence-corrected chi connectivity index (χ1v) is 32.1. The van der Waals surface area contributed by atoms with E-state index >= 15 is 0 Å².